The van der Waals surface area contributed by atoms with Gasteiger partial charge in [0.15, 0.2) is 6.29 Å². The van der Waals surface area contributed by atoms with E-state index in [1.54, 1.807) is 12.4 Å². The molecule has 2 saturated heterocycles. The maximum absolute atomic E-state index is 12.6. The van der Waals surface area contributed by atoms with E-state index in [1.165, 1.54) is 0 Å². The van der Waals surface area contributed by atoms with Gasteiger partial charge in [-0.1, -0.05) is 91.9 Å². The molecule has 3 heterocycles. The molecule has 1 amide bonds. The Morgan fingerprint density at radius 3 is 2.22 bits per heavy atom. The van der Waals surface area contributed by atoms with Gasteiger partial charge < -0.3 is 24.8 Å². The molecule has 50 heavy (non-hydrogen) atoms. The summed E-state index contributed by atoms with van der Waals surface area (Å²) in [5.41, 5.74) is 6.72. The summed E-state index contributed by atoms with van der Waals surface area (Å²) >= 11 is 0. The minimum absolute atomic E-state index is 0.00724. The van der Waals surface area contributed by atoms with E-state index < -0.39 is 6.29 Å². The first kappa shape index (κ1) is 33.6. The quantitative estimate of drug-likeness (QED) is 0.182. The maximum atomic E-state index is 12.6. The van der Waals surface area contributed by atoms with E-state index in [0.29, 0.717) is 12.1 Å². The number of carbonyl (C=O) groups is 1. The number of piperazine rings is 1. The summed E-state index contributed by atoms with van der Waals surface area (Å²) in [4.78, 5) is 26.1. The fourth-order valence-corrected chi connectivity index (χ4v) is 6.74. The van der Waals surface area contributed by atoms with Crippen LogP contribution in [0.2, 0.25) is 0 Å². The molecule has 0 bridgehead atoms. The lowest BCUT2D eigenvalue weighted by Gasteiger charge is -2.44. The van der Waals surface area contributed by atoms with Crippen LogP contribution in [0.4, 0.5) is 5.95 Å². The lowest BCUT2D eigenvalue weighted by molar-refractivity contribution is -0.276. The zero-order chi connectivity index (χ0) is 34.3. The van der Waals surface area contributed by atoms with Crippen molar-refractivity contribution in [2.45, 2.75) is 38.6 Å². The highest BCUT2D eigenvalue weighted by molar-refractivity contribution is 5.94. The molecule has 0 unspecified atom stereocenters. The van der Waals surface area contributed by atoms with Crippen LogP contribution in [0.3, 0.4) is 0 Å². The molecule has 0 spiro atoms. The molecule has 2 aliphatic rings. The van der Waals surface area contributed by atoms with Crippen LogP contribution in [-0.2, 0) is 22.6 Å². The van der Waals surface area contributed by atoms with E-state index in [-0.39, 0.29) is 30.6 Å². The Balaban J connectivity index is 1.05. The van der Waals surface area contributed by atoms with Crippen LogP contribution < -0.4 is 10.2 Å². The van der Waals surface area contributed by atoms with Crippen molar-refractivity contribution >= 4 is 11.9 Å². The molecule has 256 valence electrons. The lowest BCUT2D eigenvalue weighted by atomic mass is 9.89. The largest absolute Gasteiger partial charge is 0.392 e. The molecule has 9 heteroatoms. The van der Waals surface area contributed by atoms with Gasteiger partial charge in [-0.3, -0.25) is 9.69 Å². The Morgan fingerprint density at radius 1 is 0.780 bits per heavy atom. The van der Waals surface area contributed by atoms with Gasteiger partial charge in [0.1, 0.15) is 0 Å². The monoisotopic (exact) mass is 669 g/mol. The van der Waals surface area contributed by atoms with E-state index >= 15 is 0 Å². The van der Waals surface area contributed by atoms with Crippen LogP contribution in [0.15, 0.2) is 122 Å². The van der Waals surface area contributed by atoms with Gasteiger partial charge in [0.25, 0.3) is 5.91 Å². The molecule has 4 aromatic carbocycles. The summed E-state index contributed by atoms with van der Waals surface area (Å²) in [6, 6.07) is 35.8. The number of carbonyl (C=O) groups excluding carboxylic acids is 1. The summed E-state index contributed by atoms with van der Waals surface area (Å²) in [6.45, 7) is 6.97. The first-order valence-corrected chi connectivity index (χ1v) is 17.3. The number of anilines is 1. The summed E-state index contributed by atoms with van der Waals surface area (Å²) in [6.07, 6.45) is 2.81. The number of benzene rings is 4. The normalized spacial score (nSPS) is 21.1. The summed E-state index contributed by atoms with van der Waals surface area (Å²) in [5, 5.41) is 12.6. The van der Waals surface area contributed by atoms with Crippen molar-refractivity contribution in [3.63, 3.8) is 0 Å². The van der Waals surface area contributed by atoms with Gasteiger partial charge in [0.05, 0.1) is 18.8 Å². The van der Waals surface area contributed by atoms with Gasteiger partial charge in [-0.05, 0) is 52.1 Å². The third kappa shape index (κ3) is 7.93. The Hall–Kier alpha value is -4.93. The maximum Gasteiger partial charge on any atom is 0.251 e. The molecule has 4 atom stereocenters. The molecule has 0 saturated carbocycles. The van der Waals surface area contributed by atoms with Crippen LogP contribution in [-0.4, -0.2) is 64.7 Å². The number of aliphatic hydroxyl groups excluding tert-OH is 1. The number of aromatic nitrogens is 2. The highest BCUT2D eigenvalue weighted by Crippen LogP contribution is 2.42. The minimum Gasteiger partial charge on any atom is -0.392 e. The van der Waals surface area contributed by atoms with E-state index in [9.17, 15) is 9.90 Å². The van der Waals surface area contributed by atoms with Crippen molar-refractivity contribution in [3.8, 4) is 11.1 Å². The Bertz CT molecular complexity index is 1830. The van der Waals surface area contributed by atoms with Crippen molar-refractivity contribution in [1.82, 2.24) is 20.2 Å². The average Bonchev–Trinajstić information content (AvgIpc) is 3.19. The second-order valence-electron chi connectivity index (χ2n) is 13.0. The van der Waals surface area contributed by atoms with E-state index in [1.807, 2.05) is 60.7 Å². The third-order valence-electron chi connectivity index (χ3n) is 9.70. The zero-order valence-corrected chi connectivity index (χ0v) is 28.3. The predicted octanol–water partition coefficient (Wildman–Crippen LogP) is 6.18. The number of rotatable bonds is 10. The number of amides is 1. The number of hydrogen-bond donors (Lipinski definition) is 2. The summed E-state index contributed by atoms with van der Waals surface area (Å²) in [5.74, 6) is 0.789. The van der Waals surface area contributed by atoms with Crippen molar-refractivity contribution in [2.24, 2.45) is 5.92 Å². The summed E-state index contributed by atoms with van der Waals surface area (Å²) in [7, 11) is 0. The molecule has 2 aliphatic heterocycles. The molecule has 5 aromatic rings. The first-order chi connectivity index (χ1) is 24.5. The first-order valence-electron chi connectivity index (χ1n) is 17.3. The van der Waals surface area contributed by atoms with Crippen LogP contribution in [0.25, 0.3) is 11.1 Å². The van der Waals surface area contributed by atoms with E-state index in [0.717, 1.165) is 72.1 Å². The third-order valence-corrected chi connectivity index (χ3v) is 9.70. The molecule has 0 radical (unpaired) electrons. The van der Waals surface area contributed by atoms with E-state index in [4.69, 9.17) is 9.47 Å². The number of hydrogen-bond acceptors (Lipinski definition) is 8. The molecule has 1 aromatic heterocycles. The topological polar surface area (TPSA) is 100 Å². The van der Waals surface area contributed by atoms with Gasteiger partial charge in [-0.2, -0.15) is 0 Å². The molecule has 7 rings (SSSR count). The second-order valence-corrected chi connectivity index (χ2v) is 13.0. The molecule has 9 nitrogen and oxygen atoms in total. The smallest absolute Gasteiger partial charge is 0.251 e. The van der Waals surface area contributed by atoms with Gasteiger partial charge >= 0.3 is 0 Å². The predicted molar refractivity (Wildman–Crippen MR) is 193 cm³/mol. The van der Waals surface area contributed by atoms with Crippen LogP contribution in [0, 0.1) is 5.92 Å². The number of nitrogens with one attached hydrogen (secondary N) is 1. The fourth-order valence-electron chi connectivity index (χ4n) is 6.74. The molecular weight excluding hydrogens is 626 g/mol. The van der Waals surface area contributed by atoms with Crippen LogP contribution in [0.1, 0.15) is 51.9 Å². The molecular formula is C41H43N5O4. The van der Waals surface area contributed by atoms with Gasteiger partial charge in [-0.25, -0.2) is 9.97 Å². The van der Waals surface area contributed by atoms with Crippen molar-refractivity contribution in [2.75, 3.05) is 37.6 Å². The molecule has 2 fully saturated rings. The van der Waals surface area contributed by atoms with Gasteiger partial charge in [-0.15, -0.1) is 0 Å². The Labute approximate surface area is 293 Å². The second kappa shape index (κ2) is 15.7. The van der Waals surface area contributed by atoms with Crippen LogP contribution in [0.5, 0.6) is 0 Å². The van der Waals surface area contributed by atoms with Crippen LogP contribution >= 0.6 is 0 Å². The van der Waals surface area contributed by atoms with Gasteiger partial charge in [0.2, 0.25) is 5.95 Å². The fraction of sp³-hybridized carbons (Fsp3) is 0.293. The average molecular weight is 670 g/mol. The van der Waals surface area contributed by atoms with Crippen molar-refractivity contribution in [3.05, 3.63) is 149 Å². The molecule has 2 N–H and O–H groups in total. The van der Waals surface area contributed by atoms with Crippen molar-refractivity contribution in [1.29, 1.82) is 0 Å². The minimum atomic E-state index is -0.536. The Morgan fingerprint density at radius 2 is 1.50 bits per heavy atom. The van der Waals surface area contributed by atoms with Crippen molar-refractivity contribution < 1.29 is 19.4 Å². The number of ether oxygens (including phenoxy) is 2. The Kier molecular flexibility index (Phi) is 10.6. The number of aliphatic hydroxyl groups is 1. The summed E-state index contributed by atoms with van der Waals surface area (Å²) < 4.78 is 13.5. The zero-order valence-electron chi connectivity index (χ0n) is 28.3. The van der Waals surface area contributed by atoms with Gasteiger partial charge in [0, 0.05) is 68.7 Å². The highest BCUT2D eigenvalue weighted by atomic mass is 16.7. The standard InChI is InChI=1S/C41H43N5O4/c1-29-37(27-45-21-23-46(24-22-45)41-42-19-6-20-43-41)49-40(50-38(29)33-13-11-30(28-47)12-14-33)35-17-15-32(16-18-35)36-10-5-7-31(25-36)26-44-39(48)34-8-3-2-4-9-34/h2-20,25,29,37-38,40,47H,21-24,26-28H2,1H3,(H,44,48)/t29-,37+,38+,40+/m1/s1. The SMILES string of the molecule is C[C@@H]1[C@H](CN2CCN(c3ncccn3)CC2)O[C@H](c2ccc(-c3cccc(CNC(=O)c4ccccc4)c3)cc2)O[C@@H]1c1ccc(CO)cc1. The highest BCUT2D eigenvalue weighted by Gasteiger charge is 2.39. The number of nitrogens with zero attached hydrogens (tertiary/aromatic N) is 4. The van der Waals surface area contributed by atoms with E-state index in [2.05, 4.69) is 80.5 Å². The lowest BCUT2D eigenvalue weighted by Crippen LogP contribution is -2.51. The molecule has 0 aliphatic carbocycles.